The van der Waals surface area contributed by atoms with Gasteiger partial charge in [-0.05, 0) is 22.3 Å². The van der Waals surface area contributed by atoms with Crippen molar-refractivity contribution in [1.29, 1.82) is 0 Å². The van der Waals surface area contributed by atoms with Crippen LogP contribution in [0.15, 0.2) is 48.5 Å². The van der Waals surface area contributed by atoms with Gasteiger partial charge in [0.25, 0.3) is 0 Å². The van der Waals surface area contributed by atoms with Gasteiger partial charge in [0, 0.05) is 39.1 Å². The summed E-state index contributed by atoms with van der Waals surface area (Å²) in [4.78, 5) is 26.5. The molecule has 2 aromatic carbocycles. The van der Waals surface area contributed by atoms with Gasteiger partial charge in [0.1, 0.15) is 0 Å². The predicted octanol–water partition coefficient (Wildman–Crippen LogP) is 1.95. The molecule has 2 aliphatic rings. The zero-order valence-electron chi connectivity index (χ0n) is 14.7. The van der Waals surface area contributed by atoms with Gasteiger partial charge >= 0.3 is 0 Å². The zero-order chi connectivity index (χ0) is 17.9. The molecule has 1 saturated heterocycles. The molecule has 0 bridgehead atoms. The Morgan fingerprint density at radius 3 is 2.73 bits per heavy atom. The van der Waals surface area contributed by atoms with Gasteiger partial charge in [-0.15, -0.1) is 0 Å². The van der Waals surface area contributed by atoms with Crippen molar-refractivity contribution in [2.45, 2.75) is 32.6 Å². The lowest BCUT2D eigenvalue weighted by atomic mass is 10.1. The highest BCUT2D eigenvalue weighted by Gasteiger charge is 2.34. The quantitative estimate of drug-likeness (QED) is 0.867. The summed E-state index contributed by atoms with van der Waals surface area (Å²) in [7, 11) is 0. The second-order valence-corrected chi connectivity index (χ2v) is 7.09. The standard InChI is InChI=1S/C21H23N3O2/c25-20-9-19(14-24(20)13-15-4-2-1-3-5-15)21(26)23-10-16-6-7-17-11-22-12-18(17)8-16/h1-8,19,22H,9-14H2,(H,23,26). The SMILES string of the molecule is O=C(NCc1ccc2c(c1)CNC2)C1CC(=O)N(Cc2ccccc2)C1. The lowest BCUT2D eigenvalue weighted by Crippen LogP contribution is -2.32. The van der Waals surface area contributed by atoms with Crippen molar-refractivity contribution in [1.82, 2.24) is 15.5 Å². The summed E-state index contributed by atoms with van der Waals surface area (Å²) in [5.41, 5.74) is 4.83. The molecule has 2 N–H and O–H groups in total. The molecule has 4 rings (SSSR count). The number of rotatable bonds is 5. The van der Waals surface area contributed by atoms with Crippen LogP contribution in [0.25, 0.3) is 0 Å². The van der Waals surface area contributed by atoms with Crippen molar-refractivity contribution in [3.8, 4) is 0 Å². The Bertz CT molecular complexity index is 819. The second kappa shape index (κ2) is 7.30. The Morgan fingerprint density at radius 2 is 1.88 bits per heavy atom. The molecule has 26 heavy (non-hydrogen) atoms. The molecule has 0 spiro atoms. The smallest absolute Gasteiger partial charge is 0.225 e. The lowest BCUT2D eigenvalue weighted by molar-refractivity contribution is -0.129. The van der Waals surface area contributed by atoms with Gasteiger partial charge in [-0.3, -0.25) is 9.59 Å². The molecule has 2 aromatic rings. The number of carbonyl (C=O) groups is 2. The van der Waals surface area contributed by atoms with Crippen molar-refractivity contribution in [2.24, 2.45) is 5.92 Å². The van der Waals surface area contributed by atoms with E-state index in [1.54, 1.807) is 4.90 Å². The number of nitrogens with zero attached hydrogens (tertiary/aromatic N) is 1. The van der Waals surface area contributed by atoms with E-state index in [0.29, 0.717) is 26.1 Å². The van der Waals surface area contributed by atoms with Crippen LogP contribution in [0.1, 0.15) is 28.7 Å². The van der Waals surface area contributed by atoms with Crippen LogP contribution in [-0.2, 0) is 35.8 Å². The predicted molar refractivity (Wildman–Crippen MR) is 98.8 cm³/mol. The molecule has 2 heterocycles. The molecule has 134 valence electrons. The highest BCUT2D eigenvalue weighted by molar-refractivity contribution is 5.89. The molecule has 0 saturated carbocycles. The van der Waals surface area contributed by atoms with Crippen molar-refractivity contribution in [2.75, 3.05) is 6.54 Å². The lowest BCUT2D eigenvalue weighted by Gasteiger charge is -2.16. The minimum atomic E-state index is -0.262. The molecule has 1 unspecified atom stereocenters. The monoisotopic (exact) mass is 349 g/mol. The summed E-state index contributed by atoms with van der Waals surface area (Å²) in [6.45, 7) is 3.39. The topological polar surface area (TPSA) is 61.4 Å². The Morgan fingerprint density at radius 1 is 1.08 bits per heavy atom. The highest BCUT2D eigenvalue weighted by Crippen LogP contribution is 2.21. The number of likely N-dealkylation sites (tertiary alicyclic amines) is 1. The van der Waals surface area contributed by atoms with E-state index in [1.165, 1.54) is 11.1 Å². The number of amides is 2. The van der Waals surface area contributed by atoms with Gasteiger partial charge in [0.2, 0.25) is 11.8 Å². The van der Waals surface area contributed by atoms with Gasteiger partial charge < -0.3 is 15.5 Å². The van der Waals surface area contributed by atoms with E-state index in [-0.39, 0.29) is 17.7 Å². The molecule has 2 aliphatic heterocycles. The summed E-state index contributed by atoms with van der Waals surface area (Å²) >= 11 is 0. The van der Waals surface area contributed by atoms with Crippen molar-refractivity contribution >= 4 is 11.8 Å². The number of hydrogen-bond acceptors (Lipinski definition) is 3. The first-order valence-corrected chi connectivity index (χ1v) is 9.10. The molecule has 2 amide bonds. The summed E-state index contributed by atoms with van der Waals surface area (Å²) in [5.74, 6) is -0.243. The molecule has 0 radical (unpaired) electrons. The zero-order valence-corrected chi connectivity index (χ0v) is 14.7. The van der Waals surface area contributed by atoms with Gasteiger partial charge in [-0.25, -0.2) is 0 Å². The molecular weight excluding hydrogens is 326 g/mol. The summed E-state index contributed by atoms with van der Waals surface area (Å²) in [6, 6.07) is 16.2. The van der Waals surface area contributed by atoms with Crippen molar-refractivity contribution in [3.05, 3.63) is 70.8 Å². The van der Waals surface area contributed by atoms with E-state index in [2.05, 4.69) is 28.8 Å². The Balaban J connectivity index is 1.32. The fourth-order valence-corrected chi connectivity index (χ4v) is 3.70. The van der Waals surface area contributed by atoms with Crippen molar-refractivity contribution < 1.29 is 9.59 Å². The molecule has 0 aliphatic carbocycles. The maximum atomic E-state index is 12.5. The van der Waals surface area contributed by atoms with E-state index in [1.807, 2.05) is 30.3 Å². The molecular formula is C21H23N3O2. The van der Waals surface area contributed by atoms with E-state index >= 15 is 0 Å². The largest absolute Gasteiger partial charge is 0.352 e. The first-order valence-electron chi connectivity index (χ1n) is 9.10. The average molecular weight is 349 g/mol. The van der Waals surface area contributed by atoms with Crippen LogP contribution < -0.4 is 10.6 Å². The Kier molecular flexibility index (Phi) is 4.71. The maximum absolute atomic E-state index is 12.5. The summed E-state index contributed by atoms with van der Waals surface area (Å²) in [5, 5.41) is 6.32. The van der Waals surface area contributed by atoms with E-state index in [4.69, 9.17) is 0 Å². The van der Waals surface area contributed by atoms with Gasteiger partial charge in [0.15, 0.2) is 0 Å². The van der Waals surface area contributed by atoms with E-state index in [0.717, 1.165) is 24.2 Å². The van der Waals surface area contributed by atoms with E-state index < -0.39 is 0 Å². The Labute approximate surface area is 153 Å². The number of hydrogen-bond donors (Lipinski definition) is 2. The molecule has 5 heteroatoms. The highest BCUT2D eigenvalue weighted by atomic mass is 16.2. The third-order valence-electron chi connectivity index (χ3n) is 5.17. The summed E-state index contributed by atoms with van der Waals surface area (Å²) in [6.07, 6.45) is 0.298. The van der Waals surface area contributed by atoms with Crippen LogP contribution in [0.2, 0.25) is 0 Å². The number of fused-ring (bicyclic) bond motifs is 1. The maximum Gasteiger partial charge on any atom is 0.225 e. The first-order chi connectivity index (χ1) is 12.7. The normalized spacial score (nSPS) is 18.8. The van der Waals surface area contributed by atoms with Gasteiger partial charge in [0.05, 0.1) is 5.92 Å². The minimum Gasteiger partial charge on any atom is -0.352 e. The average Bonchev–Trinajstić information content (AvgIpc) is 3.27. The van der Waals surface area contributed by atoms with Crippen LogP contribution in [0.5, 0.6) is 0 Å². The van der Waals surface area contributed by atoms with Crippen LogP contribution in [-0.4, -0.2) is 23.3 Å². The number of carbonyl (C=O) groups excluding carboxylic acids is 2. The number of nitrogens with one attached hydrogen (secondary N) is 2. The summed E-state index contributed by atoms with van der Waals surface area (Å²) < 4.78 is 0. The van der Waals surface area contributed by atoms with Crippen LogP contribution in [0, 0.1) is 5.92 Å². The molecule has 5 nitrogen and oxygen atoms in total. The fourth-order valence-electron chi connectivity index (χ4n) is 3.70. The molecule has 0 aromatic heterocycles. The van der Waals surface area contributed by atoms with Crippen LogP contribution >= 0.6 is 0 Å². The molecule has 1 fully saturated rings. The first kappa shape index (κ1) is 16.8. The number of benzene rings is 2. The van der Waals surface area contributed by atoms with E-state index in [9.17, 15) is 9.59 Å². The Hall–Kier alpha value is -2.66. The van der Waals surface area contributed by atoms with Crippen LogP contribution in [0.3, 0.4) is 0 Å². The molecule has 1 atom stereocenters. The third kappa shape index (κ3) is 3.63. The fraction of sp³-hybridized carbons (Fsp3) is 0.333. The van der Waals surface area contributed by atoms with Crippen molar-refractivity contribution in [3.63, 3.8) is 0 Å². The van der Waals surface area contributed by atoms with Crippen LogP contribution in [0.4, 0.5) is 0 Å². The minimum absolute atomic E-state index is 0.0347. The third-order valence-corrected chi connectivity index (χ3v) is 5.17. The second-order valence-electron chi connectivity index (χ2n) is 7.09. The van der Waals surface area contributed by atoms with Gasteiger partial charge in [-0.2, -0.15) is 0 Å². The van der Waals surface area contributed by atoms with Gasteiger partial charge in [-0.1, -0.05) is 48.5 Å².